The van der Waals surface area contributed by atoms with E-state index in [0.717, 1.165) is 0 Å². The first-order chi connectivity index (χ1) is 20.1. The van der Waals surface area contributed by atoms with Crippen LogP contribution in [0.2, 0.25) is 5.02 Å². The van der Waals surface area contributed by atoms with Gasteiger partial charge in [0.25, 0.3) is 0 Å². The fraction of sp³-hybridized carbons (Fsp3) is 0.333. The number of nitrogens with one attached hydrogen (secondary N) is 3. The highest BCUT2D eigenvalue weighted by atomic mass is 79.9. The summed E-state index contributed by atoms with van der Waals surface area (Å²) in [5.41, 5.74) is 4.32. The summed E-state index contributed by atoms with van der Waals surface area (Å²) in [6.07, 6.45) is 0.226. The molecule has 0 saturated carbocycles. The van der Waals surface area contributed by atoms with Gasteiger partial charge in [0.2, 0.25) is 0 Å². The van der Waals surface area contributed by atoms with Crippen molar-refractivity contribution in [2.45, 2.75) is 26.1 Å². The zero-order chi connectivity index (χ0) is 30.8. The smallest absolute Gasteiger partial charge is 0.343 e. The Kier molecular flexibility index (Phi) is 11.8. The summed E-state index contributed by atoms with van der Waals surface area (Å²) in [4.78, 5) is 35.8. The maximum absolute atomic E-state index is 12.4. The van der Waals surface area contributed by atoms with Crippen molar-refractivity contribution in [1.82, 2.24) is 16.1 Å². The second-order valence-electron chi connectivity index (χ2n) is 8.59. The zero-order valence-corrected chi connectivity index (χ0v) is 25.5. The molecule has 2 atom stereocenters. The lowest BCUT2D eigenvalue weighted by molar-refractivity contribution is -0.143. The van der Waals surface area contributed by atoms with E-state index in [4.69, 9.17) is 30.5 Å². The molecule has 0 radical (unpaired) electrons. The largest absolute Gasteiger partial charge is 0.490 e. The summed E-state index contributed by atoms with van der Waals surface area (Å²) >= 11 is 9.58. The Morgan fingerprint density at radius 1 is 1.17 bits per heavy atom. The molecule has 0 saturated heterocycles. The number of hydrogen-bond acceptors (Lipinski definition) is 11. The highest BCUT2D eigenvalue weighted by molar-refractivity contribution is 9.10. The lowest BCUT2D eigenvalue weighted by atomic mass is 9.95. The van der Waals surface area contributed by atoms with Crippen molar-refractivity contribution in [2.75, 3.05) is 34.0 Å². The van der Waals surface area contributed by atoms with E-state index in [2.05, 4.69) is 41.8 Å². The Morgan fingerprint density at radius 3 is 2.60 bits per heavy atom. The summed E-state index contributed by atoms with van der Waals surface area (Å²) in [5, 5.41) is 19.9. The highest BCUT2D eigenvalue weighted by Crippen LogP contribution is 2.35. The molecule has 13 nitrogen and oxygen atoms in total. The minimum absolute atomic E-state index is 0.196. The van der Waals surface area contributed by atoms with Gasteiger partial charge in [-0.2, -0.15) is 5.10 Å². The Labute approximate surface area is 255 Å². The lowest BCUT2D eigenvalue weighted by Crippen LogP contribution is -2.45. The number of halogens is 2. The van der Waals surface area contributed by atoms with Crippen LogP contribution in [0.1, 0.15) is 31.0 Å². The zero-order valence-electron chi connectivity index (χ0n) is 23.2. The van der Waals surface area contributed by atoms with Gasteiger partial charge >= 0.3 is 18.0 Å². The topological polar surface area (TPSA) is 166 Å². The standard InChI is InChI=1S/C27H30BrClN4O9/c1-5-40-20-10-16(24-23(26(36)39-4)14(2)31-27(37)32-24)6-7-19(20)41-12-21(34)33-30-11-15-8-17(28)25(18(29)9-15)42-13-22(35)38-3/h6-11,21,24,33-34H,5,12-13H2,1-4H3,(H2,31,32,37)/b30-11-/t21-,24-/m1/s1. The highest BCUT2D eigenvalue weighted by Gasteiger charge is 2.32. The van der Waals surface area contributed by atoms with Crippen LogP contribution in [0.15, 0.2) is 51.2 Å². The number of hydrazone groups is 1. The molecule has 0 bridgehead atoms. The second-order valence-corrected chi connectivity index (χ2v) is 9.86. The van der Waals surface area contributed by atoms with E-state index in [1.54, 1.807) is 44.2 Å². The molecule has 1 heterocycles. The Hall–Kier alpha value is -4.01. The average Bonchev–Trinajstić information content (AvgIpc) is 2.95. The maximum atomic E-state index is 12.4. The van der Waals surface area contributed by atoms with Crippen molar-refractivity contribution in [2.24, 2.45) is 5.10 Å². The van der Waals surface area contributed by atoms with Gasteiger partial charge in [-0.1, -0.05) is 17.7 Å². The summed E-state index contributed by atoms with van der Waals surface area (Å²) in [7, 11) is 2.51. The molecule has 2 amide bonds. The number of hydrogen-bond donors (Lipinski definition) is 4. The number of aliphatic hydroxyl groups excluding tert-OH is 1. The third-order valence-corrected chi connectivity index (χ3v) is 6.56. The number of esters is 2. The molecular formula is C27H30BrClN4O9. The molecule has 0 unspecified atom stereocenters. The average molecular weight is 670 g/mol. The van der Waals surface area contributed by atoms with Gasteiger partial charge in [-0.15, -0.1) is 0 Å². The van der Waals surface area contributed by atoms with Crippen LogP contribution in [0.5, 0.6) is 17.2 Å². The van der Waals surface area contributed by atoms with Crippen LogP contribution in [-0.2, 0) is 19.1 Å². The molecule has 2 aromatic rings. The number of amides is 2. The minimum atomic E-state index is -1.20. The van der Waals surface area contributed by atoms with E-state index in [9.17, 15) is 19.5 Å². The molecule has 4 N–H and O–H groups in total. The first-order valence-corrected chi connectivity index (χ1v) is 13.7. The molecule has 226 valence electrons. The van der Waals surface area contributed by atoms with Gasteiger partial charge in [-0.25, -0.2) is 14.4 Å². The number of carbonyl (C=O) groups is 3. The van der Waals surface area contributed by atoms with Crippen molar-refractivity contribution in [3.8, 4) is 17.2 Å². The number of urea groups is 1. The Bertz CT molecular complexity index is 1360. The summed E-state index contributed by atoms with van der Waals surface area (Å²) in [6, 6.07) is 6.91. The van der Waals surface area contributed by atoms with Crippen LogP contribution in [0.3, 0.4) is 0 Å². The molecule has 0 spiro atoms. The van der Waals surface area contributed by atoms with Crippen LogP contribution in [0.4, 0.5) is 4.79 Å². The number of methoxy groups -OCH3 is 2. The first kappa shape index (κ1) is 32.5. The molecule has 2 aromatic carbocycles. The monoisotopic (exact) mass is 668 g/mol. The van der Waals surface area contributed by atoms with E-state index in [0.29, 0.717) is 39.4 Å². The van der Waals surface area contributed by atoms with Crippen LogP contribution in [0.25, 0.3) is 0 Å². The van der Waals surface area contributed by atoms with Gasteiger partial charge in [-0.05, 0) is 65.2 Å². The first-order valence-electron chi connectivity index (χ1n) is 12.5. The van der Waals surface area contributed by atoms with Gasteiger partial charge in [-0.3, -0.25) is 5.43 Å². The molecule has 0 fully saturated rings. The van der Waals surface area contributed by atoms with Crippen LogP contribution in [-0.4, -0.2) is 69.6 Å². The Balaban J connectivity index is 1.65. The molecular weight excluding hydrogens is 640 g/mol. The number of allylic oxidation sites excluding steroid dienone is 1. The van der Waals surface area contributed by atoms with Gasteiger partial charge < -0.3 is 39.4 Å². The molecule has 1 aliphatic rings. The van der Waals surface area contributed by atoms with E-state index in [1.807, 2.05) is 0 Å². The van der Waals surface area contributed by atoms with Crippen molar-refractivity contribution in [3.63, 3.8) is 0 Å². The number of carbonyl (C=O) groups excluding carboxylic acids is 3. The molecule has 15 heteroatoms. The normalized spacial score (nSPS) is 15.4. The Morgan fingerprint density at radius 2 is 1.93 bits per heavy atom. The number of rotatable bonds is 13. The predicted molar refractivity (Wildman–Crippen MR) is 156 cm³/mol. The molecule has 42 heavy (non-hydrogen) atoms. The SMILES string of the molecule is CCOc1cc([C@H]2NC(=O)NC(C)=C2C(=O)OC)ccc1OC[C@@H](O)N/N=C\c1cc(Cl)c(OCC(=O)OC)c(Br)c1. The van der Waals surface area contributed by atoms with Gasteiger partial charge in [0, 0.05) is 5.70 Å². The van der Waals surface area contributed by atoms with Crippen molar-refractivity contribution >= 4 is 51.7 Å². The number of ether oxygens (including phenoxy) is 5. The number of aliphatic hydroxyl groups is 1. The van der Waals surface area contributed by atoms with Crippen LogP contribution in [0, 0.1) is 0 Å². The quantitative estimate of drug-likeness (QED) is 0.108. The number of nitrogens with zero attached hydrogens (tertiary/aromatic N) is 1. The fourth-order valence-corrected chi connectivity index (χ4v) is 4.79. The van der Waals surface area contributed by atoms with Gasteiger partial charge in [0.1, 0.15) is 6.61 Å². The summed E-state index contributed by atoms with van der Waals surface area (Å²) < 4.78 is 26.8. The van der Waals surface area contributed by atoms with E-state index in [-0.39, 0.29) is 29.6 Å². The third-order valence-electron chi connectivity index (χ3n) is 5.69. The van der Waals surface area contributed by atoms with Gasteiger partial charge in [0.05, 0.1) is 48.2 Å². The molecule has 3 rings (SSSR count). The van der Waals surface area contributed by atoms with Crippen LogP contribution >= 0.6 is 27.5 Å². The van der Waals surface area contributed by atoms with Gasteiger partial charge in [0.15, 0.2) is 30.1 Å². The second kappa shape index (κ2) is 15.3. The third kappa shape index (κ3) is 8.50. The number of benzene rings is 2. The van der Waals surface area contributed by atoms with Crippen molar-refractivity contribution in [3.05, 3.63) is 62.2 Å². The molecule has 0 aromatic heterocycles. The van der Waals surface area contributed by atoms with Crippen LogP contribution < -0.4 is 30.3 Å². The molecule has 0 aliphatic carbocycles. The minimum Gasteiger partial charge on any atom is -0.490 e. The van der Waals surface area contributed by atoms with Crippen molar-refractivity contribution < 1.29 is 43.2 Å². The summed E-state index contributed by atoms with van der Waals surface area (Å²) in [6.45, 7) is 3.22. The van der Waals surface area contributed by atoms with E-state index in [1.165, 1.54) is 20.4 Å². The maximum Gasteiger partial charge on any atom is 0.343 e. The van der Waals surface area contributed by atoms with E-state index >= 15 is 0 Å². The predicted octanol–water partition coefficient (Wildman–Crippen LogP) is 3.17. The lowest BCUT2D eigenvalue weighted by Gasteiger charge is -2.28. The fourth-order valence-electron chi connectivity index (χ4n) is 3.80. The summed E-state index contributed by atoms with van der Waals surface area (Å²) in [5.74, 6) is -0.204. The van der Waals surface area contributed by atoms with E-state index < -0.39 is 30.2 Å². The molecule has 1 aliphatic heterocycles. The van der Waals surface area contributed by atoms with Crippen molar-refractivity contribution in [1.29, 1.82) is 0 Å².